The lowest BCUT2D eigenvalue weighted by molar-refractivity contribution is 0.341. The lowest BCUT2D eigenvalue weighted by atomic mass is 9.99. The summed E-state index contributed by atoms with van der Waals surface area (Å²) >= 11 is 12.2. The zero-order valence-electron chi connectivity index (χ0n) is 18.2. The first kappa shape index (κ1) is 23.0. The van der Waals surface area contributed by atoms with Crippen molar-refractivity contribution >= 4 is 40.3 Å². The fourth-order valence-electron chi connectivity index (χ4n) is 4.26. The van der Waals surface area contributed by atoms with E-state index in [1.807, 2.05) is 4.57 Å². The molecule has 2 aromatic carbocycles. The zero-order valence-corrected chi connectivity index (χ0v) is 19.7. The summed E-state index contributed by atoms with van der Waals surface area (Å²) in [4.78, 5) is 13.6. The van der Waals surface area contributed by atoms with E-state index in [9.17, 15) is 8.78 Å². The number of benzene rings is 2. The van der Waals surface area contributed by atoms with Crippen LogP contribution in [0.15, 0.2) is 42.6 Å². The van der Waals surface area contributed by atoms with Gasteiger partial charge in [-0.25, -0.2) is 18.7 Å². The van der Waals surface area contributed by atoms with Gasteiger partial charge in [0.1, 0.15) is 23.0 Å². The van der Waals surface area contributed by atoms with Crippen molar-refractivity contribution in [1.82, 2.24) is 24.8 Å². The minimum absolute atomic E-state index is 0.182. The van der Waals surface area contributed by atoms with Crippen LogP contribution in [0.25, 0.3) is 22.6 Å². The van der Waals surface area contributed by atoms with E-state index >= 15 is 0 Å². The fraction of sp³-hybridized carbons (Fsp3) is 0.292. The van der Waals surface area contributed by atoms with E-state index in [2.05, 4.69) is 25.6 Å². The molecule has 0 saturated carbocycles. The second kappa shape index (κ2) is 9.82. The molecule has 34 heavy (non-hydrogen) atoms. The van der Waals surface area contributed by atoms with Gasteiger partial charge in [-0.3, -0.25) is 0 Å². The third-order valence-electron chi connectivity index (χ3n) is 5.97. The van der Waals surface area contributed by atoms with Crippen LogP contribution in [0.5, 0.6) is 0 Å². The molecule has 0 amide bonds. The Morgan fingerprint density at radius 3 is 2.76 bits per heavy atom. The number of hydrogen-bond donors (Lipinski definition) is 2. The minimum Gasteiger partial charge on any atom is -0.350 e. The lowest BCUT2D eigenvalue weighted by Gasteiger charge is -2.24. The summed E-state index contributed by atoms with van der Waals surface area (Å²) in [5.74, 6) is 0.211. The Morgan fingerprint density at radius 1 is 1.12 bits per heavy atom. The normalized spacial score (nSPS) is 16.2. The van der Waals surface area contributed by atoms with Crippen molar-refractivity contribution in [3.63, 3.8) is 0 Å². The Kier molecular flexibility index (Phi) is 6.63. The molecule has 3 heterocycles. The van der Waals surface area contributed by atoms with Gasteiger partial charge in [0.05, 0.1) is 16.8 Å². The first-order valence-corrected chi connectivity index (χ1v) is 11.8. The van der Waals surface area contributed by atoms with E-state index < -0.39 is 11.6 Å². The van der Waals surface area contributed by atoms with Crippen molar-refractivity contribution in [3.8, 4) is 11.4 Å². The molecule has 6 nitrogen and oxygen atoms in total. The highest BCUT2D eigenvalue weighted by molar-refractivity contribution is 6.33. The number of piperidine rings is 1. The summed E-state index contributed by atoms with van der Waals surface area (Å²) in [5.41, 5.74) is 1.77. The number of nitrogens with one attached hydrogen (secondary N) is 2. The Labute approximate surface area is 205 Å². The fourth-order valence-corrected chi connectivity index (χ4v) is 4.66. The molecule has 2 aromatic heterocycles. The Bertz CT molecular complexity index is 1320. The second-order valence-electron chi connectivity index (χ2n) is 8.35. The smallest absolute Gasteiger partial charge is 0.225 e. The molecule has 1 fully saturated rings. The summed E-state index contributed by atoms with van der Waals surface area (Å²) in [7, 11) is 0. The maximum Gasteiger partial charge on any atom is 0.225 e. The van der Waals surface area contributed by atoms with Gasteiger partial charge in [0.15, 0.2) is 5.65 Å². The van der Waals surface area contributed by atoms with Gasteiger partial charge in [0.25, 0.3) is 0 Å². The van der Waals surface area contributed by atoms with Gasteiger partial charge < -0.3 is 15.2 Å². The highest BCUT2D eigenvalue weighted by Crippen LogP contribution is 2.33. The van der Waals surface area contributed by atoms with Crippen LogP contribution in [-0.2, 0) is 13.1 Å². The summed E-state index contributed by atoms with van der Waals surface area (Å²) in [6.07, 6.45) is 3.70. The van der Waals surface area contributed by atoms with Crippen molar-refractivity contribution in [2.24, 2.45) is 5.92 Å². The minimum atomic E-state index is -0.449. The molecule has 1 aliphatic heterocycles. The van der Waals surface area contributed by atoms with Gasteiger partial charge in [-0.05, 0) is 56.1 Å². The topological polar surface area (TPSA) is 67.7 Å². The first-order valence-electron chi connectivity index (χ1n) is 11.1. The number of hydrogen-bond acceptors (Lipinski definition) is 5. The molecule has 10 heteroatoms. The largest absolute Gasteiger partial charge is 0.350 e. The molecule has 2 N–H and O–H groups in total. The van der Waals surface area contributed by atoms with E-state index in [-0.39, 0.29) is 17.1 Å². The van der Waals surface area contributed by atoms with Gasteiger partial charge in [-0.15, -0.1) is 0 Å². The molecule has 0 unspecified atom stereocenters. The van der Waals surface area contributed by atoms with Crippen molar-refractivity contribution in [3.05, 3.63) is 69.8 Å². The number of nitrogens with zero attached hydrogens (tertiary/aromatic N) is 4. The van der Waals surface area contributed by atoms with E-state index in [1.165, 1.54) is 12.1 Å². The van der Waals surface area contributed by atoms with Crippen molar-refractivity contribution in [2.45, 2.75) is 25.9 Å². The average molecular weight is 503 g/mol. The van der Waals surface area contributed by atoms with Crippen LogP contribution in [-0.4, -0.2) is 32.6 Å². The van der Waals surface area contributed by atoms with Gasteiger partial charge in [0.2, 0.25) is 5.95 Å². The van der Waals surface area contributed by atoms with Crippen molar-refractivity contribution in [1.29, 1.82) is 0 Å². The maximum atomic E-state index is 14.8. The van der Waals surface area contributed by atoms with Gasteiger partial charge in [-0.2, -0.15) is 4.98 Å². The van der Waals surface area contributed by atoms with Crippen molar-refractivity contribution in [2.75, 3.05) is 18.4 Å². The summed E-state index contributed by atoms with van der Waals surface area (Å²) < 4.78 is 30.9. The van der Waals surface area contributed by atoms with Crippen LogP contribution in [0.1, 0.15) is 18.4 Å². The zero-order chi connectivity index (χ0) is 23.7. The van der Waals surface area contributed by atoms with E-state index in [0.717, 1.165) is 25.9 Å². The number of imidazole rings is 1. The number of halogens is 4. The standard InChI is InChI=1S/C24H22Cl2F2N6/c25-16-7-6-15(19(28)9-16)11-30-24-31-12-20-22(33-24)34(13-14-3-2-8-29-10-14)23(32-20)21-17(26)4-1-5-18(21)27/h1,4-7,9,12,14,29H,2-3,8,10-11,13H2,(H,30,31,33)/t14-/m1/s1. The monoisotopic (exact) mass is 502 g/mol. The third-order valence-corrected chi connectivity index (χ3v) is 6.52. The molecular formula is C24H22Cl2F2N6. The molecule has 1 aliphatic rings. The van der Waals surface area contributed by atoms with Crippen LogP contribution < -0.4 is 10.6 Å². The molecular weight excluding hydrogens is 481 g/mol. The highest BCUT2D eigenvalue weighted by atomic mass is 35.5. The van der Waals surface area contributed by atoms with E-state index in [0.29, 0.717) is 46.0 Å². The maximum absolute atomic E-state index is 14.8. The summed E-state index contributed by atoms with van der Waals surface area (Å²) in [6, 6.07) is 9.08. The van der Waals surface area contributed by atoms with Crippen LogP contribution >= 0.6 is 23.2 Å². The van der Waals surface area contributed by atoms with Crippen LogP contribution in [0, 0.1) is 17.6 Å². The van der Waals surface area contributed by atoms with E-state index in [4.69, 9.17) is 23.2 Å². The van der Waals surface area contributed by atoms with Crippen LogP contribution in [0.4, 0.5) is 14.7 Å². The Morgan fingerprint density at radius 2 is 2.00 bits per heavy atom. The molecule has 4 aromatic rings. The van der Waals surface area contributed by atoms with Gasteiger partial charge in [0, 0.05) is 23.7 Å². The summed E-state index contributed by atoms with van der Waals surface area (Å²) in [6.45, 7) is 2.63. The first-order chi connectivity index (χ1) is 16.5. The number of aromatic nitrogens is 4. The number of fused-ring (bicyclic) bond motifs is 1. The molecule has 1 saturated heterocycles. The Hall–Kier alpha value is -2.81. The molecule has 0 aliphatic carbocycles. The quantitative estimate of drug-likeness (QED) is 0.354. The molecule has 0 spiro atoms. The number of rotatable bonds is 6. The molecule has 176 valence electrons. The highest BCUT2D eigenvalue weighted by Gasteiger charge is 2.23. The van der Waals surface area contributed by atoms with Gasteiger partial charge >= 0.3 is 0 Å². The second-order valence-corrected chi connectivity index (χ2v) is 9.19. The van der Waals surface area contributed by atoms with E-state index in [1.54, 1.807) is 30.5 Å². The van der Waals surface area contributed by atoms with Crippen molar-refractivity contribution < 1.29 is 8.78 Å². The SMILES string of the molecule is Fc1cc(Cl)ccc1CNc1ncc2nc(-c3c(F)cccc3Cl)n(C[C@@H]3CCCNC3)c2n1. The molecule has 5 rings (SSSR count). The number of anilines is 1. The predicted octanol–water partition coefficient (Wildman–Crippen LogP) is 5.69. The molecule has 0 bridgehead atoms. The molecule has 1 atom stereocenters. The third kappa shape index (κ3) is 4.71. The predicted molar refractivity (Wildman–Crippen MR) is 130 cm³/mol. The van der Waals surface area contributed by atoms with Crippen LogP contribution in [0.2, 0.25) is 10.0 Å². The average Bonchev–Trinajstić information content (AvgIpc) is 3.16. The molecule has 0 radical (unpaired) electrons. The lowest BCUT2D eigenvalue weighted by Crippen LogP contribution is -2.32. The summed E-state index contributed by atoms with van der Waals surface area (Å²) in [5, 5.41) is 7.08. The van der Waals surface area contributed by atoms with Gasteiger partial charge in [-0.1, -0.05) is 35.3 Å². The Balaban J connectivity index is 1.53. The van der Waals surface area contributed by atoms with Crippen LogP contribution in [0.3, 0.4) is 0 Å².